The molecule has 0 amide bonds. The topological polar surface area (TPSA) is 90.5 Å². The quantitative estimate of drug-likeness (QED) is 0.824. The third-order valence-electron chi connectivity index (χ3n) is 4.68. The SMILES string of the molecule is OCCn1ncc2c1CN(c1nccc(N3CCC[C@@H](O)C3)n1)C2. The molecular formula is C16H22N6O2. The van der Waals surface area contributed by atoms with Crippen molar-refractivity contribution >= 4 is 11.8 Å². The highest BCUT2D eigenvalue weighted by atomic mass is 16.3. The van der Waals surface area contributed by atoms with Crippen molar-refractivity contribution in [3.8, 4) is 0 Å². The van der Waals surface area contributed by atoms with E-state index in [0.717, 1.165) is 43.0 Å². The van der Waals surface area contributed by atoms with Gasteiger partial charge in [0.05, 0.1) is 37.7 Å². The Labute approximate surface area is 140 Å². The van der Waals surface area contributed by atoms with Gasteiger partial charge < -0.3 is 20.0 Å². The van der Waals surface area contributed by atoms with Crippen molar-refractivity contribution in [1.82, 2.24) is 19.7 Å². The van der Waals surface area contributed by atoms with Gasteiger partial charge in [-0.25, -0.2) is 4.98 Å². The molecule has 0 saturated carbocycles. The van der Waals surface area contributed by atoms with Crippen LogP contribution in [0, 0.1) is 0 Å². The van der Waals surface area contributed by atoms with Crippen molar-refractivity contribution in [2.45, 2.75) is 38.6 Å². The zero-order valence-corrected chi connectivity index (χ0v) is 13.5. The maximum Gasteiger partial charge on any atom is 0.227 e. The zero-order valence-electron chi connectivity index (χ0n) is 13.5. The first kappa shape index (κ1) is 15.3. The van der Waals surface area contributed by atoms with E-state index >= 15 is 0 Å². The molecule has 2 aromatic heterocycles. The van der Waals surface area contributed by atoms with Crippen LogP contribution in [-0.4, -0.2) is 55.8 Å². The molecular weight excluding hydrogens is 308 g/mol. The van der Waals surface area contributed by atoms with E-state index in [1.54, 1.807) is 6.20 Å². The number of piperidine rings is 1. The molecule has 2 aliphatic rings. The summed E-state index contributed by atoms with van der Waals surface area (Å²) in [6.45, 7) is 3.56. The van der Waals surface area contributed by atoms with Crippen molar-refractivity contribution < 1.29 is 10.2 Å². The molecule has 2 aromatic rings. The van der Waals surface area contributed by atoms with Crippen LogP contribution in [0.25, 0.3) is 0 Å². The van der Waals surface area contributed by atoms with E-state index in [1.165, 1.54) is 0 Å². The number of fused-ring (bicyclic) bond motifs is 1. The average molecular weight is 330 g/mol. The van der Waals surface area contributed by atoms with Crippen LogP contribution in [0.15, 0.2) is 18.5 Å². The molecule has 1 fully saturated rings. The average Bonchev–Trinajstić information content (AvgIpc) is 3.17. The molecule has 0 spiro atoms. The summed E-state index contributed by atoms with van der Waals surface area (Å²) in [4.78, 5) is 13.4. The first-order valence-electron chi connectivity index (χ1n) is 8.40. The molecule has 1 atom stereocenters. The number of hydrogen-bond acceptors (Lipinski definition) is 7. The van der Waals surface area contributed by atoms with Crippen LogP contribution in [0.4, 0.5) is 11.8 Å². The number of hydrogen-bond donors (Lipinski definition) is 2. The zero-order chi connectivity index (χ0) is 16.5. The van der Waals surface area contributed by atoms with E-state index in [0.29, 0.717) is 25.6 Å². The Morgan fingerprint density at radius 3 is 3.00 bits per heavy atom. The van der Waals surface area contributed by atoms with Gasteiger partial charge in [-0.3, -0.25) is 4.68 Å². The number of rotatable bonds is 4. The standard InChI is InChI=1S/C16H22N6O2/c23-7-6-22-14-11-21(9-12(14)8-18-22)16-17-4-3-15(19-16)20-5-1-2-13(24)10-20/h3-4,8,13,23-24H,1-2,5-7,9-11H2/t13-/m1/s1. The molecule has 2 aliphatic heterocycles. The van der Waals surface area contributed by atoms with E-state index in [1.807, 2.05) is 16.9 Å². The fourth-order valence-electron chi connectivity index (χ4n) is 3.47. The summed E-state index contributed by atoms with van der Waals surface area (Å²) in [6.07, 6.45) is 5.19. The second-order valence-electron chi connectivity index (χ2n) is 6.38. The number of anilines is 2. The molecule has 4 rings (SSSR count). The summed E-state index contributed by atoms with van der Waals surface area (Å²) in [5.41, 5.74) is 2.28. The van der Waals surface area contributed by atoms with Gasteiger partial charge in [0.15, 0.2) is 0 Å². The summed E-state index contributed by atoms with van der Waals surface area (Å²) >= 11 is 0. The fraction of sp³-hybridized carbons (Fsp3) is 0.562. The lowest BCUT2D eigenvalue weighted by Gasteiger charge is -2.31. The van der Waals surface area contributed by atoms with Gasteiger partial charge in [-0.15, -0.1) is 0 Å². The molecule has 4 heterocycles. The van der Waals surface area contributed by atoms with Crippen LogP contribution < -0.4 is 9.80 Å². The van der Waals surface area contributed by atoms with Crippen LogP contribution in [0.3, 0.4) is 0 Å². The minimum Gasteiger partial charge on any atom is -0.394 e. The third-order valence-corrected chi connectivity index (χ3v) is 4.68. The molecule has 1 saturated heterocycles. The summed E-state index contributed by atoms with van der Waals surface area (Å²) in [6, 6.07) is 1.90. The minimum atomic E-state index is -0.280. The van der Waals surface area contributed by atoms with E-state index in [-0.39, 0.29) is 12.7 Å². The lowest BCUT2D eigenvalue weighted by molar-refractivity contribution is 0.154. The van der Waals surface area contributed by atoms with Crippen LogP contribution in [0.1, 0.15) is 24.1 Å². The van der Waals surface area contributed by atoms with Crippen LogP contribution in [-0.2, 0) is 19.6 Å². The van der Waals surface area contributed by atoms with Gasteiger partial charge >= 0.3 is 0 Å². The van der Waals surface area contributed by atoms with Gasteiger partial charge in [-0.1, -0.05) is 0 Å². The smallest absolute Gasteiger partial charge is 0.227 e. The maximum atomic E-state index is 9.87. The molecule has 0 radical (unpaired) electrons. The van der Waals surface area contributed by atoms with E-state index < -0.39 is 0 Å². The van der Waals surface area contributed by atoms with Gasteiger partial charge in [0.25, 0.3) is 0 Å². The normalized spacial score (nSPS) is 20.5. The van der Waals surface area contributed by atoms with Gasteiger partial charge in [-0.05, 0) is 18.9 Å². The monoisotopic (exact) mass is 330 g/mol. The molecule has 24 heavy (non-hydrogen) atoms. The first-order chi connectivity index (χ1) is 11.7. The van der Waals surface area contributed by atoms with Gasteiger partial charge in [-0.2, -0.15) is 10.1 Å². The summed E-state index contributed by atoms with van der Waals surface area (Å²) in [5.74, 6) is 1.56. The van der Waals surface area contributed by atoms with Crippen molar-refractivity contribution in [2.24, 2.45) is 0 Å². The summed E-state index contributed by atoms with van der Waals surface area (Å²) in [7, 11) is 0. The number of nitrogens with zero attached hydrogens (tertiary/aromatic N) is 6. The van der Waals surface area contributed by atoms with Gasteiger partial charge in [0.1, 0.15) is 5.82 Å². The highest BCUT2D eigenvalue weighted by Gasteiger charge is 2.26. The minimum absolute atomic E-state index is 0.0807. The van der Waals surface area contributed by atoms with Gasteiger partial charge in [0.2, 0.25) is 5.95 Å². The molecule has 8 nitrogen and oxygen atoms in total. The number of aromatic nitrogens is 4. The lowest BCUT2D eigenvalue weighted by Crippen LogP contribution is -2.38. The molecule has 0 aromatic carbocycles. The summed E-state index contributed by atoms with van der Waals surface area (Å²) in [5, 5.41) is 23.3. The van der Waals surface area contributed by atoms with E-state index in [9.17, 15) is 5.11 Å². The summed E-state index contributed by atoms with van der Waals surface area (Å²) < 4.78 is 1.85. The Bertz CT molecular complexity index is 718. The molecule has 0 aliphatic carbocycles. The lowest BCUT2D eigenvalue weighted by atomic mass is 10.1. The largest absolute Gasteiger partial charge is 0.394 e. The molecule has 8 heteroatoms. The van der Waals surface area contributed by atoms with E-state index in [2.05, 4.69) is 19.9 Å². The predicted octanol–water partition coefficient (Wildman–Crippen LogP) is 0.147. The number of aliphatic hydroxyl groups excluding tert-OH is 2. The second kappa shape index (κ2) is 6.37. The Balaban J connectivity index is 1.52. The van der Waals surface area contributed by atoms with Crippen molar-refractivity contribution in [3.63, 3.8) is 0 Å². The highest BCUT2D eigenvalue weighted by Crippen LogP contribution is 2.27. The number of β-amino-alcohol motifs (C(OH)–C–C–N with tert-alkyl or cyclic N) is 1. The Hall–Kier alpha value is -2.19. The molecule has 0 bridgehead atoms. The van der Waals surface area contributed by atoms with Gasteiger partial charge in [0, 0.05) is 31.4 Å². The highest BCUT2D eigenvalue weighted by molar-refractivity contribution is 5.47. The maximum absolute atomic E-state index is 9.87. The van der Waals surface area contributed by atoms with E-state index in [4.69, 9.17) is 10.1 Å². The molecule has 128 valence electrons. The predicted molar refractivity (Wildman–Crippen MR) is 88.7 cm³/mol. The van der Waals surface area contributed by atoms with Crippen molar-refractivity contribution in [2.75, 3.05) is 29.5 Å². The Morgan fingerprint density at radius 2 is 2.17 bits per heavy atom. The first-order valence-corrected chi connectivity index (χ1v) is 8.40. The van der Waals surface area contributed by atoms with Crippen LogP contribution in [0.2, 0.25) is 0 Å². The van der Waals surface area contributed by atoms with Crippen molar-refractivity contribution in [1.29, 1.82) is 0 Å². The van der Waals surface area contributed by atoms with Crippen LogP contribution >= 0.6 is 0 Å². The Kier molecular flexibility index (Phi) is 4.07. The van der Waals surface area contributed by atoms with Crippen LogP contribution in [0.5, 0.6) is 0 Å². The Morgan fingerprint density at radius 1 is 1.25 bits per heavy atom. The molecule has 2 N–H and O–H groups in total. The molecule has 0 unspecified atom stereocenters. The number of aliphatic hydroxyl groups is 2. The van der Waals surface area contributed by atoms with Crippen molar-refractivity contribution in [3.05, 3.63) is 29.7 Å². The third kappa shape index (κ3) is 2.83. The second-order valence-corrected chi connectivity index (χ2v) is 6.38. The fourth-order valence-corrected chi connectivity index (χ4v) is 3.47.